The maximum absolute atomic E-state index is 4.26. The number of hydrogen-bond donors (Lipinski definition) is 1. The Morgan fingerprint density at radius 1 is 1.13 bits per heavy atom. The van der Waals surface area contributed by atoms with Gasteiger partial charge in [-0.05, 0) is 23.8 Å². The lowest BCUT2D eigenvalue weighted by Crippen LogP contribution is -1.75. The van der Waals surface area contributed by atoms with Crippen molar-refractivity contribution in [3.63, 3.8) is 0 Å². The van der Waals surface area contributed by atoms with E-state index in [9.17, 15) is 0 Å². The van der Waals surface area contributed by atoms with E-state index >= 15 is 0 Å². The molecule has 0 bridgehead atoms. The molecule has 2 heteroatoms. The van der Waals surface area contributed by atoms with Gasteiger partial charge in [0.1, 0.15) is 5.65 Å². The number of rotatable bonds is 1. The van der Waals surface area contributed by atoms with E-state index in [1.54, 1.807) is 6.20 Å². The van der Waals surface area contributed by atoms with E-state index in [1.165, 1.54) is 0 Å². The highest BCUT2D eigenvalue weighted by Gasteiger charge is 2.04. The molecule has 71 valence electrons. The lowest BCUT2D eigenvalue weighted by atomic mass is 10.1. The molecule has 1 radical (unpaired) electrons. The summed E-state index contributed by atoms with van der Waals surface area (Å²) in [6.07, 6.45) is 3.76. The first-order valence-corrected chi connectivity index (χ1v) is 4.84. The molecule has 1 aromatic carbocycles. The van der Waals surface area contributed by atoms with Crippen LogP contribution in [0.3, 0.4) is 0 Å². The lowest BCUT2D eigenvalue weighted by molar-refractivity contribution is 1.33. The van der Waals surface area contributed by atoms with Gasteiger partial charge in [-0.2, -0.15) is 0 Å². The van der Waals surface area contributed by atoms with E-state index in [2.05, 4.69) is 28.2 Å². The van der Waals surface area contributed by atoms with Crippen molar-refractivity contribution >= 4 is 11.0 Å². The maximum Gasteiger partial charge on any atom is 0.137 e. The smallest absolute Gasteiger partial charge is 0.137 e. The number of aromatic amines is 1. The van der Waals surface area contributed by atoms with Crippen molar-refractivity contribution in [2.24, 2.45) is 0 Å². The van der Waals surface area contributed by atoms with Crippen molar-refractivity contribution in [1.29, 1.82) is 0 Å². The van der Waals surface area contributed by atoms with Crippen LogP contribution in [-0.2, 0) is 0 Å². The van der Waals surface area contributed by atoms with E-state index in [-0.39, 0.29) is 0 Å². The minimum absolute atomic E-state index is 0.921. The Labute approximate surface area is 87.6 Å². The van der Waals surface area contributed by atoms with Gasteiger partial charge >= 0.3 is 0 Å². The van der Waals surface area contributed by atoms with E-state index in [0.29, 0.717) is 0 Å². The van der Waals surface area contributed by atoms with Crippen LogP contribution in [0.15, 0.2) is 48.8 Å². The molecular formula is C13H9N2. The van der Waals surface area contributed by atoms with Crippen LogP contribution in [0.4, 0.5) is 0 Å². The Morgan fingerprint density at radius 2 is 2.13 bits per heavy atom. The number of fused-ring (bicyclic) bond motifs is 1. The highest BCUT2D eigenvalue weighted by Crippen LogP contribution is 2.26. The Balaban J connectivity index is 2.28. The molecule has 0 spiro atoms. The predicted molar refractivity (Wildman–Crippen MR) is 60.4 cm³/mol. The van der Waals surface area contributed by atoms with Crippen LogP contribution < -0.4 is 0 Å². The monoisotopic (exact) mass is 193 g/mol. The second kappa shape index (κ2) is 3.24. The first kappa shape index (κ1) is 8.24. The number of hydrogen-bond acceptors (Lipinski definition) is 1. The average Bonchev–Trinajstić information content (AvgIpc) is 2.74. The summed E-state index contributed by atoms with van der Waals surface area (Å²) in [4.78, 5) is 7.41. The van der Waals surface area contributed by atoms with Crippen LogP contribution in [-0.4, -0.2) is 9.97 Å². The minimum Gasteiger partial charge on any atom is -0.346 e. The number of nitrogens with one attached hydrogen (secondary N) is 1. The third-order valence-corrected chi connectivity index (χ3v) is 2.45. The van der Waals surface area contributed by atoms with Crippen LogP contribution in [0.25, 0.3) is 22.2 Å². The molecular weight excluding hydrogens is 184 g/mol. The van der Waals surface area contributed by atoms with E-state index in [1.807, 2.05) is 30.5 Å². The molecule has 0 aliphatic rings. The van der Waals surface area contributed by atoms with Gasteiger partial charge in [0.15, 0.2) is 0 Å². The van der Waals surface area contributed by atoms with Gasteiger partial charge in [-0.15, -0.1) is 0 Å². The van der Waals surface area contributed by atoms with Crippen molar-refractivity contribution in [3.8, 4) is 11.1 Å². The van der Waals surface area contributed by atoms with Crippen LogP contribution in [0.2, 0.25) is 0 Å². The lowest BCUT2D eigenvalue weighted by Gasteiger charge is -1.96. The fourth-order valence-corrected chi connectivity index (χ4v) is 1.74. The summed E-state index contributed by atoms with van der Waals surface area (Å²) < 4.78 is 0. The Hall–Kier alpha value is -2.09. The third kappa shape index (κ3) is 1.31. The van der Waals surface area contributed by atoms with Gasteiger partial charge in [0.05, 0.1) is 0 Å². The number of aromatic nitrogens is 2. The summed E-state index contributed by atoms with van der Waals surface area (Å²) in [5.74, 6) is 0. The summed E-state index contributed by atoms with van der Waals surface area (Å²) in [7, 11) is 0. The SMILES string of the molecule is [c]1ccccc1-c1c[nH]c2ncccc12. The molecule has 2 nitrogen and oxygen atoms in total. The number of benzene rings is 1. The zero-order valence-electron chi connectivity index (χ0n) is 8.07. The molecule has 1 N–H and O–H groups in total. The van der Waals surface area contributed by atoms with Gasteiger partial charge in [0.2, 0.25) is 0 Å². The van der Waals surface area contributed by atoms with Crippen molar-refractivity contribution < 1.29 is 0 Å². The van der Waals surface area contributed by atoms with Crippen LogP contribution in [0, 0.1) is 6.07 Å². The largest absolute Gasteiger partial charge is 0.346 e. The molecule has 0 atom stereocenters. The van der Waals surface area contributed by atoms with Gasteiger partial charge in [-0.25, -0.2) is 4.98 Å². The minimum atomic E-state index is 0.921. The summed E-state index contributed by atoms with van der Waals surface area (Å²) in [5, 5.41) is 1.14. The van der Waals surface area contributed by atoms with E-state index in [4.69, 9.17) is 0 Å². The number of nitrogens with zero attached hydrogens (tertiary/aromatic N) is 1. The number of H-pyrrole nitrogens is 1. The molecule has 3 aromatic rings. The van der Waals surface area contributed by atoms with Crippen molar-refractivity contribution in [3.05, 3.63) is 54.9 Å². The first-order chi connectivity index (χ1) is 7.45. The van der Waals surface area contributed by atoms with Crippen LogP contribution >= 0.6 is 0 Å². The average molecular weight is 193 g/mol. The van der Waals surface area contributed by atoms with Gasteiger partial charge in [-0.3, -0.25) is 0 Å². The Bertz CT molecular complexity index is 582. The Kier molecular flexibility index (Phi) is 1.78. The predicted octanol–water partition coefficient (Wildman–Crippen LogP) is 3.03. The number of pyridine rings is 1. The highest BCUT2D eigenvalue weighted by molar-refractivity contribution is 5.93. The van der Waals surface area contributed by atoms with Gasteiger partial charge in [0.25, 0.3) is 0 Å². The zero-order valence-corrected chi connectivity index (χ0v) is 8.07. The molecule has 0 aliphatic carbocycles. The molecule has 15 heavy (non-hydrogen) atoms. The molecule has 0 unspecified atom stereocenters. The maximum atomic E-state index is 4.26. The first-order valence-electron chi connectivity index (χ1n) is 4.84. The summed E-state index contributed by atoms with van der Waals surface area (Å²) >= 11 is 0. The summed E-state index contributed by atoms with van der Waals surface area (Å²) in [5.41, 5.74) is 3.17. The molecule has 0 saturated carbocycles. The molecule has 0 saturated heterocycles. The molecule has 0 aliphatic heterocycles. The van der Waals surface area contributed by atoms with E-state index in [0.717, 1.165) is 22.2 Å². The van der Waals surface area contributed by atoms with Crippen LogP contribution in [0.1, 0.15) is 0 Å². The Morgan fingerprint density at radius 3 is 3.00 bits per heavy atom. The van der Waals surface area contributed by atoms with Crippen molar-refractivity contribution in [2.75, 3.05) is 0 Å². The van der Waals surface area contributed by atoms with Crippen LogP contribution in [0.5, 0.6) is 0 Å². The molecule has 0 fully saturated rings. The quantitative estimate of drug-likeness (QED) is 0.632. The fourth-order valence-electron chi connectivity index (χ4n) is 1.74. The normalized spacial score (nSPS) is 10.7. The second-order valence-corrected chi connectivity index (χ2v) is 3.38. The summed E-state index contributed by atoms with van der Waals surface area (Å²) in [6, 6.07) is 15.2. The van der Waals surface area contributed by atoms with Crippen molar-refractivity contribution in [1.82, 2.24) is 9.97 Å². The van der Waals surface area contributed by atoms with Gasteiger partial charge in [0, 0.05) is 23.3 Å². The second-order valence-electron chi connectivity index (χ2n) is 3.38. The molecule has 0 amide bonds. The standard InChI is InChI=1S/C13H9N2/c1-2-5-10(6-3-1)12-9-15-13-11(12)7-4-8-14-13/h1-5,7-9H,(H,14,15). The topological polar surface area (TPSA) is 28.7 Å². The van der Waals surface area contributed by atoms with E-state index < -0.39 is 0 Å². The molecule has 3 rings (SSSR count). The zero-order chi connectivity index (χ0) is 10.1. The molecule has 2 aromatic heterocycles. The van der Waals surface area contributed by atoms with Gasteiger partial charge < -0.3 is 4.98 Å². The van der Waals surface area contributed by atoms with Gasteiger partial charge in [-0.1, -0.05) is 24.3 Å². The van der Waals surface area contributed by atoms with Crippen molar-refractivity contribution in [2.45, 2.75) is 0 Å². The summed E-state index contributed by atoms with van der Waals surface area (Å²) in [6.45, 7) is 0. The molecule has 2 heterocycles. The third-order valence-electron chi connectivity index (χ3n) is 2.45. The fraction of sp³-hybridized carbons (Fsp3) is 0. The highest BCUT2D eigenvalue weighted by atomic mass is 14.8.